The summed E-state index contributed by atoms with van der Waals surface area (Å²) in [5, 5.41) is 9.86. The Bertz CT molecular complexity index is 772. The summed E-state index contributed by atoms with van der Waals surface area (Å²) < 4.78 is 10.9. The number of pyridine rings is 1. The first-order chi connectivity index (χ1) is 12.4. The van der Waals surface area contributed by atoms with E-state index in [1.54, 1.807) is 24.3 Å². The van der Waals surface area contributed by atoms with Gasteiger partial charge in [-0.05, 0) is 36.6 Å². The number of carbonyl (C=O) groups excluding carboxylic acids is 1. The van der Waals surface area contributed by atoms with Gasteiger partial charge in [0, 0.05) is 11.2 Å². The van der Waals surface area contributed by atoms with Gasteiger partial charge in [-0.2, -0.15) is 0 Å². The number of aromatic nitrogens is 1. The molecular weight excluding hydrogens is 358 g/mol. The summed E-state index contributed by atoms with van der Waals surface area (Å²) in [5.74, 6) is -1.79. The average Bonchev–Trinajstić information content (AvgIpc) is 2.65. The molecular formula is C19H20ClNO5. The van der Waals surface area contributed by atoms with Crippen molar-refractivity contribution in [2.24, 2.45) is 0 Å². The fraction of sp³-hybridized carbons (Fsp3) is 0.316. The van der Waals surface area contributed by atoms with Crippen LogP contribution in [-0.4, -0.2) is 28.1 Å². The van der Waals surface area contributed by atoms with Crippen molar-refractivity contribution in [2.75, 3.05) is 0 Å². The van der Waals surface area contributed by atoms with Crippen molar-refractivity contribution in [3.63, 3.8) is 0 Å². The molecule has 0 fully saturated rings. The minimum atomic E-state index is -1.24. The summed E-state index contributed by atoms with van der Waals surface area (Å²) in [6.45, 7) is 3.96. The van der Waals surface area contributed by atoms with E-state index in [4.69, 9.17) is 21.1 Å². The van der Waals surface area contributed by atoms with Crippen LogP contribution in [0.2, 0.25) is 5.02 Å². The zero-order valence-corrected chi connectivity index (χ0v) is 15.3. The zero-order valence-electron chi connectivity index (χ0n) is 14.6. The van der Waals surface area contributed by atoms with Crippen molar-refractivity contribution in [2.45, 2.75) is 39.4 Å². The van der Waals surface area contributed by atoms with Gasteiger partial charge in [0.15, 0.2) is 11.4 Å². The second-order valence-corrected chi connectivity index (χ2v) is 6.07. The summed E-state index contributed by atoms with van der Waals surface area (Å²) in [6, 6.07) is 8.29. The quantitative estimate of drug-likeness (QED) is 0.688. The van der Waals surface area contributed by atoms with Crippen LogP contribution in [0, 0.1) is 0 Å². The van der Waals surface area contributed by atoms with Gasteiger partial charge in [0.05, 0.1) is 5.56 Å². The summed E-state index contributed by atoms with van der Waals surface area (Å²) >= 11 is 5.84. The molecule has 7 heteroatoms. The first kappa shape index (κ1) is 19.7. The van der Waals surface area contributed by atoms with Gasteiger partial charge in [0.25, 0.3) is 0 Å². The number of esters is 1. The SMILES string of the molecule is CCC(CC)OC(=O)c1cnc(C(=O)O)c(OCc2ccc(Cl)cc2)c1. The topological polar surface area (TPSA) is 85.7 Å². The van der Waals surface area contributed by atoms with Crippen molar-refractivity contribution in [1.82, 2.24) is 4.98 Å². The van der Waals surface area contributed by atoms with Gasteiger partial charge in [-0.1, -0.05) is 37.6 Å². The van der Waals surface area contributed by atoms with E-state index in [0.717, 1.165) is 5.56 Å². The number of hydrogen-bond acceptors (Lipinski definition) is 5. The average molecular weight is 378 g/mol. The molecule has 2 aromatic rings. The molecule has 0 spiro atoms. The minimum Gasteiger partial charge on any atom is -0.486 e. The molecule has 1 heterocycles. The zero-order chi connectivity index (χ0) is 19.1. The van der Waals surface area contributed by atoms with E-state index in [0.29, 0.717) is 17.9 Å². The third-order valence-electron chi connectivity index (χ3n) is 3.78. The van der Waals surface area contributed by atoms with E-state index in [1.807, 2.05) is 13.8 Å². The van der Waals surface area contributed by atoms with E-state index in [-0.39, 0.29) is 29.7 Å². The maximum Gasteiger partial charge on any atom is 0.358 e. The van der Waals surface area contributed by atoms with Gasteiger partial charge in [0.2, 0.25) is 0 Å². The summed E-state index contributed by atoms with van der Waals surface area (Å²) in [7, 11) is 0. The normalized spacial score (nSPS) is 10.6. The first-order valence-electron chi connectivity index (χ1n) is 8.26. The molecule has 0 saturated carbocycles. The highest BCUT2D eigenvalue weighted by molar-refractivity contribution is 6.30. The van der Waals surface area contributed by atoms with E-state index in [9.17, 15) is 14.7 Å². The number of halogens is 1. The number of hydrogen-bond donors (Lipinski definition) is 1. The molecule has 0 saturated heterocycles. The lowest BCUT2D eigenvalue weighted by Crippen LogP contribution is -2.17. The highest BCUT2D eigenvalue weighted by Gasteiger charge is 2.19. The molecule has 1 aromatic carbocycles. The van der Waals surface area contributed by atoms with Crippen LogP contribution >= 0.6 is 11.6 Å². The Balaban J connectivity index is 2.20. The van der Waals surface area contributed by atoms with Gasteiger partial charge in [-0.25, -0.2) is 14.6 Å². The van der Waals surface area contributed by atoms with Gasteiger partial charge < -0.3 is 14.6 Å². The molecule has 0 atom stereocenters. The van der Waals surface area contributed by atoms with Gasteiger partial charge in [-0.15, -0.1) is 0 Å². The predicted octanol–water partition coefficient (Wildman–Crippen LogP) is 4.36. The predicted molar refractivity (Wildman–Crippen MR) is 96.8 cm³/mol. The van der Waals surface area contributed by atoms with Gasteiger partial charge in [-0.3, -0.25) is 0 Å². The Labute approximate surface area is 156 Å². The largest absolute Gasteiger partial charge is 0.486 e. The second-order valence-electron chi connectivity index (χ2n) is 5.63. The standard InChI is InChI=1S/C19H20ClNO5/c1-3-15(4-2)26-19(24)13-9-16(17(18(22)23)21-10-13)25-11-12-5-7-14(20)8-6-12/h5-10,15H,3-4,11H2,1-2H3,(H,22,23). The molecule has 0 radical (unpaired) electrons. The van der Waals surface area contributed by atoms with Crippen LogP contribution in [0.4, 0.5) is 0 Å². The monoisotopic (exact) mass is 377 g/mol. The van der Waals surface area contributed by atoms with Gasteiger partial charge >= 0.3 is 11.9 Å². The van der Waals surface area contributed by atoms with E-state index in [2.05, 4.69) is 4.98 Å². The van der Waals surface area contributed by atoms with Crippen LogP contribution in [0.25, 0.3) is 0 Å². The Morgan fingerprint density at radius 1 is 1.19 bits per heavy atom. The number of benzene rings is 1. The smallest absolute Gasteiger partial charge is 0.358 e. The number of carbonyl (C=O) groups is 2. The second kappa shape index (κ2) is 9.20. The van der Waals surface area contributed by atoms with Crippen molar-refractivity contribution in [3.8, 4) is 5.75 Å². The highest BCUT2D eigenvalue weighted by atomic mass is 35.5. The molecule has 0 unspecified atom stereocenters. The van der Waals surface area contributed by atoms with Crippen LogP contribution in [0.5, 0.6) is 5.75 Å². The first-order valence-corrected chi connectivity index (χ1v) is 8.63. The Morgan fingerprint density at radius 3 is 2.42 bits per heavy atom. The molecule has 0 aliphatic rings. The van der Waals surface area contributed by atoms with Gasteiger partial charge in [0.1, 0.15) is 12.7 Å². The molecule has 0 amide bonds. The molecule has 0 aliphatic heterocycles. The Morgan fingerprint density at radius 2 is 1.85 bits per heavy atom. The van der Waals surface area contributed by atoms with Crippen molar-refractivity contribution < 1.29 is 24.2 Å². The summed E-state index contributed by atoms with van der Waals surface area (Å²) in [6.07, 6.45) is 2.38. The molecule has 26 heavy (non-hydrogen) atoms. The number of nitrogens with zero attached hydrogens (tertiary/aromatic N) is 1. The third-order valence-corrected chi connectivity index (χ3v) is 4.03. The maximum absolute atomic E-state index is 12.2. The number of ether oxygens (including phenoxy) is 2. The lowest BCUT2D eigenvalue weighted by molar-refractivity contribution is 0.0282. The van der Waals surface area contributed by atoms with Crippen LogP contribution < -0.4 is 4.74 Å². The van der Waals surface area contributed by atoms with Crippen molar-refractivity contribution in [3.05, 3.63) is 58.4 Å². The van der Waals surface area contributed by atoms with Crippen molar-refractivity contribution in [1.29, 1.82) is 0 Å². The maximum atomic E-state index is 12.2. The molecule has 2 rings (SSSR count). The molecule has 1 N–H and O–H groups in total. The van der Waals surface area contributed by atoms with Crippen LogP contribution in [0.3, 0.4) is 0 Å². The number of carboxylic acids is 1. The Hall–Kier alpha value is -2.60. The van der Waals surface area contributed by atoms with E-state index in [1.165, 1.54) is 12.3 Å². The molecule has 6 nitrogen and oxygen atoms in total. The van der Waals surface area contributed by atoms with E-state index >= 15 is 0 Å². The lowest BCUT2D eigenvalue weighted by Gasteiger charge is -2.15. The van der Waals surface area contributed by atoms with Crippen LogP contribution in [0.1, 0.15) is 53.1 Å². The third kappa shape index (κ3) is 5.20. The highest BCUT2D eigenvalue weighted by Crippen LogP contribution is 2.21. The molecule has 0 bridgehead atoms. The minimum absolute atomic E-state index is 0.00597. The molecule has 138 valence electrons. The van der Waals surface area contributed by atoms with Crippen LogP contribution in [0.15, 0.2) is 36.5 Å². The lowest BCUT2D eigenvalue weighted by atomic mass is 10.2. The van der Waals surface area contributed by atoms with Crippen LogP contribution in [-0.2, 0) is 11.3 Å². The number of carboxylic acid groups (broad SMARTS) is 1. The van der Waals surface area contributed by atoms with Crippen molar-refractivity contribution >= 4 is 23.5 Å². The molecule has 1 aromatic heterocycles. The summed E-state index contributed by atoms with van der Waals surface area (Å²) in [5.41, 5.74) is 0.682. The number of aromatic carboxylic acids is 1. The fourth-order valence-electron chi connectivity index (χ4n) is 2.24. The Kier molecular flexibility index (Phi) is 6.97. The molecule has 0 aliphatic carbocycles. The van der Waals surface area contributed by atoms with E-state index < -0.39 is 11.9 Å². The fourth-order valence-corrected chi connectivity index (χ4v) is 2.37. The number of rotatable bonds is 8. The summed E-state index contributed by atoms with van der Waals surface area (Å²) in [4.78, 5) is 27.4.